The lowest BCUT2D eigenvalue weighted by atomic mass is 10.1. The van der Waals surface area contributed by atoms with Gasteiger partial charge in [-0.15, -0.1) is 0 Å². The van der Waals surface area contributed by atoms with E-state index in [1.165, 1.54) is 0 Å². The van der Waals surface area contributed by atoms with Gasteiger partial charge >= 0.3 is 0 Å². The van der Waals surface area contributed by atoms with Crippen LogP contribution in [0.2, 0.25) is 0 Å². The molecule has 1 amide bonds. The molecule has 0 aromatic carbocycles. The molecular weight excluding hydrogens is 240 g/mol. The van der Waals surface area contributed by atoms with E-state index in [0.717, 1.165) is 44.0 Å². The third-order valence-corrected chi connectivity index (χ3v) is 3.46. The molecule has 104 valence electrons. The van der Waals surface area contributed by atoms with Gasteiger partial charge in [-0.25, -0.2) is 4.98 Å². The Hall–Kier alpha value is -1.62. The third-order valence-electron chi connectivity index (χ3n) is 3.46. The normalized spacial score (nSPS) is 18.5. The Morgan fingerprint density at radius 3 is 2.95 bits per heavy atom. The first-order valence-corrected chi connectivity index (χ1v) is 6.87. The smallest absolute Gasteiger partial charge is 0.248 e. The number of anilines is 1. The van der Waals surface area contributed by atoms with Gasteiger partial charge in [0.15, 0.2) is 0 Å². The topological polar surface area (TPSA) is 71.2 Å². The monoisotopic (exact) mass is 262 g/mol. The molecule has 0 radical (unpaired) electrons. The first kappa shape index (κ1) is 13.8. The SMILES string of the molecule is CCCN(c1cc(C(N)=O)cc(C)n1)C1CCNC1. The molecule has 1 aliphatic heterocycles. The van der Waals surface area contributed by atoms with Gasteiger partial charge in [-0.2, -0.15) is 0 Å². The largest absolute Gasteiger partial charge is 0.366 e. The van der Waals surface area contributed by atoms with Crippen LogP contribution in [0.3, 0.4) is 0 Å². The fourth-order valence-corrected chi connectivity index (χ4v) is 2.57. The number of amides is 1. The molecule has 1 unspecified atom stereocenters. The molecule has 5 nitrogen and oxygen atoms in total. The van der Waals surface area contributed by atoms with E-state index in [1.54, 1.807) is 6.07 Å². The van der Waals surface area contributed by atoms with Gasteiger partial charge in [0.05, 0.1) is 0 Å². The number of pyridine rings is 1. The number of primary amides is 1. The van der Waals surface area contributed by atoms with E-state index in [-0.39, 0.29) is 0 Å². The molecule has 1 atom stereocenters. The lowest BCUT2D eigenvalue weighted by Gasteiger charge is -2.29. The molecule has 0 spiro atoms. The number of carbonyl (C=O) groups excluding carboxylic acids is 1. The zero-order chi connectivity index (χ0) is 13.8. The maximum atomic E-state index is 11.4. The lowest BCUT2D eigenvalue weighted by Crippen LogP contribution is -2.38. The molecule has 1 aromatic rings. The second-order valence-corrected chi connectivity index (χ2v) is 5.06. The van der Waals surface area contributed by atoms with Gasteiger partial charge in [0.2, 0.25) is 5.91 Å². The molecule has 0 bridgehead atoms. The van der Waals surface area contributed by atoms with Crippen LogP contribution >= 0.6 is 0 Å². The van der Waals surface area contributed by atoms with Crippen LogP contribution < -0.4 is 16.0 Å². The molecule has 1 aliphatic rings. The van der Waals surface area contributed by atoms with E-state index in [2.05, 4.69) is 22.1 Å². The van der Waals surface area contributed by atoms with Crippen LogP contribution in [0.4, 0.5) is 5.82 Å². The van der Waals surface area contributed by atoms with Crippen molar-refractivity contribution >= 4 is 11.7 Å². The standard InChI is InChI=1S/C14H22N4O/c1-3-6-18(12-4-5-16-9-12)13-8-11(14(15)19)7-10(2)17-13/h7-8,12,16H,3-6,9H2,1-2H3,(H2,15,19). The summed E-state index contributed by atoms with van der Waals surface area (Å²) in [6.45, 7) is 7.01. The number of nitrogens with zero attached hydrogens (tertiary/aromatic N) is 2. The Kier molecular flexibility index (Phi) is 4.37. The Morgan fingerprint density at radius 2 is 2.37 bits per heavy atom. The number of nitrogens with two attached hydrogens (primary N) is 1. The van der Waals surface area contributed by atoms with Crippen molar-refractivity contribution in [2.75, 3.05) is 24.5 Å². The highest BCUT2D eigenvalue weighted by Crippen LogP contribution is 2.20. The van der Waals surface area contributed by atoms with Gasteiger partial charge < -0.3 is 16.0 Å². The minimum Gasteiger partial charge on any atom is -0.366 e. The average Bonchev–Trinajstić information content (AvgIpc) is 2.88. The van der Waals surface area contributed by atoms with Crippen LogP contribution in [0.25, 0.3) is 0 Å². The van der Waals surface area contributed by atoms with Crippen molar-refractivity contribution in [1.82, 2.24) is 10.3 Å². The summed E-state index contributed by atoms with van der Waals surface area (Å²) < 4.78 is 0. The Labute approximate surface area is 114 Å². The summed E-state index contributed by atoms with van der Waals surface area (Å²) in [5.74, 6) is 0.470. The molecule has 2 rings (SSSR count). The van der Waals surface area contributed by atoms with Crippen LogP contribution in [-0.4, -0.2) is 36.6 Å². The number of carbonyl (C=O) groups is 1. The molecular formula is C14H22N4O. The van der Waals surface area contributed by atoms with Crippen LogP contribution in [0.1, 0.15) is 35.8 Å². The van der Waals surface area contributed by atoms with Crippen LogP contribution in [-0.2, 0) is 0 Å². The van der Waals surface area contributed by atoms with Crippen LogP contribution in [0.5, 0.6) is 0 Å². The van der Waals surface area contributed by atoms with Crippen molar-refractivity contribution in [2.45, 2.75) is 32.7 Å². The maximum Gasteiger partial charge on any atom is 0.248 e. The van der Waals surface area contributed by atoms with Gasteiger partial charge in [-0.3, -0.25) is 4.79 Å². The summed E-state index contributed by atoms with van der Waals surface area (Å²) in [5, 5.41) is 3.37. The van der Waals surface area contributed by atoms with Crippen LogP contribution in [0.15, 0.2) is 12.1 Å². The Bertz CT molecular complexity index is 455. The quantitative estimate of drug-likeness (QED) is 0.832. The van der Waals surface area contributed by atoms with E-state index in [4.69, 9.17) is 5.73 Å². The number of hydrogen-bond acceptors (Lipinski definition) is 4. The van der Waals surface area contributed by atoms with Gasteiger partial charge in [-0.1, -0.05) is 6.92 Å². The van der Waals surface area contributed by atoms with Gasteiger partial charge in [0.1, 0.15) is 5.82 Å². The second-order valence-electron chi connectivity index (χ2n) is 5.06. The van der Waals surface area contributed by atoms with Crippen molar-refractivity contribution in [3.05, 3.63) is 23.4 Å². The predicted octanol–water partition coefficient (Wildman–Crippen LogP) is 1.07. The summed E-state index contributed by atoms with van der Waals surface area (Å²) >= 11 is 0. The first-order chi connectivity index (χ1) is 9.11. The minimum atomic E-state index is -0.396. The predicted molar refractivity (Wildman–Crippen MR) is 76.4 cm³/mol. The fourth-order valence-electron chi connectivity index (χ4n) is 2.57. The molecule has 19 heavy (non-hydrogen) atoms. The Morgan fingerprint density at radius 1 is 1.58 bits per heavy atom. The number of aryl methyl sites for hydroxylation is 1. The molecule has 5 heteroatoms. The summed E-state index contributed by atoms with van der Waals surface area (Å²) in [6.07, 6.45) is 2.17. The molecule has 2 heterocycles. The highest BCUT2D eigenvalue weighted by molar-refractivity contribution is 5.93. The second kappa shape index (κ2) is 6.02. The summed E-state index contributed by atoms with van der Waals surface area (Å²) in [7, 11) is 0. The number of hydrogen-bond donors (Lipinski definition) is 2. The highest BCUT2D eigenvalue weighted by Gasteiger charge is 2.23. The van der Waals surface area contributed by atoms with E-state index in [0.29, 0.717) is 11.6 Å². The van der Waals surface area contributed by atoms with E-state index >= 15 is 0 Å². The van der Waals surface area contributed by atoms with E-state index < -0.39 is 5.91 Å². The first-order valence-electron chi connectivity index (χ1n) is 6.87. The molecule has 1 aromatic heterocycles. The molecule has 3 N–H and O–H groups in total. The van der Waals surface area contributed by atoms with Gasteiger partial charge in [0, 0.05) is 30.4 Å². The molecule has 0 aliphatic carbocycles. The molecule has 1 saturated heterocycles. The Balaban J connectivity index is 2.32. The number of rotatable bonds is 5. The summed E-state index contributed by atoms with van der Waals surface area (Å²) in [5.41, 5.74) is 6.75. The van der Waals surface area contributed by atoms with Crippen LogP contribution in [0, 0.1) is 6.92 Å². The van der Waals surface area contributed by atoms with Crippen molar-refractivity contribution in [3.63, 3.8) is 0 Å². The number of nitrogens with one attached hydrogen (secondary N) is 1. The van der Waals surface area contributed by atoms with E-state index in [1.807, 2.05) is 13.0 Å². The average molecular weight is 262 g/mol. The molecule has 0 saturated carbocycles. The zero-order valence-corrected chi connectivity index (χ0v) is 11.6. The van der Waals surface area contributed by atoms with Crippen molar-refractivity contribution in [2.24, 2.45) is 5.73 Å². The summed E-state index contributed by atoms with van der Waals surface area (Å²) in [4.78, 5) is 18.2. The van der Waals surface area contributed by atoms with Gasteiger partial charge in [-0.05, 0) is 38.4 Å². The van der Waals surface area contributed by atoms with Gasteiger partial charge in [0.25, 0.3) is 0 Å². The lowest BCUT2D eigenvalue weighted by molar-refractivity contribution is 0.1000. The van der Waals surface area contributed by atoms with Crippen molar-refractivity contribution in [1.29, 1.82) is 0 Å². The fraction of sp³-hybridized carbons (Fsp3) is 0.571. The summed E-state index contributed by atoms with van der Waals surface area (Å²) in [6, 6.07) is 4.00. The third kappa shape index (κ3) is 3.23. The van der Waals surface area contributed by atoms with Crippen molar-refractivity contribution < 1.29 is 4.79 Å². The maximum absolute atomic E-state index is 11.4. The highest BCUT2D eigenvalue weighted by atomic mass is 16.1. The molecule has 1 fully saturated rings. The zero-order valence-electron chi connectivity index (χ0n) is 11.6. The minimum absolute atomic E-state index is 0.396. The van der Waals surface area contributed by atoms with E-state index in [9.17, 15) is 4.79 Å². The number of aromatic nitrogens is 1. The van der Waals surface area contributed by atoms with Crippen molar-refractivity contribution in [3.8, 4) is 0 Å².